The molecule has 0 saturated carbocycles. The maximum Gasteiger partial charge on any atom is 0.503 e. The van der Waals surface area contributed by atoms with Crippen LogP contribution < -0.4 is 0 Å². The van der Waals surface area contributed by atoms with Crippen molar-refractivity contribution >= 4 is 81.9 Å². The van der Waals surface area contributed by atoms with Gasteiger partial charge in [-0.05, 0) is 6.42 Å². The van der Waals surface area contributed by atoms with E-state index in [-0.39, 0.29) is 9.52 Å². The Hall–Kier alpha value is 0.0200. The van der Waals surface area contributed by atoms with E-state index >= 15 is 0 Å². The number of allylic oxidation sites excluding steroid dienone is 1. The fourth-order valence-electron chi connectivity index (χ4n) is 0.698. The Balaban J connectivity index is -0.000000334. The third-order valence-corrected chi connectivity index (χ3v) is 4.32. The topological polar surface area (TPSA) is 115 Å². The zero-order chi connectivity index (χ0) is 17.8. The first-order valence-corrected chi connectivity index (χ1v) is 7.20. The van der Waals surface area contributed by atoms with Gasteiger partial charge in [0.05, 0.1) is 10.4 Å². The molecule has 0 aromatic carbocycles. The van der Waals surface area contributed by atoms with E-state index < -0.39 is 22.0 Å². The fraction of sp³-hybridized carbons (Fsp3) is 0.556. The fourth-order valence-corrected chi connectivity index (χ4v) is 2.11. The molecule has 0 rings (SSSR count). The predicted molar refractivity (Wildman–Crippen MR) is 84.9 cm³/mol. The molecular weight excluding hydrogens is 417 g/mol. The van der Waals surface area contributed by atoms with Gasteiger partial charge >= 0.3 is 12.3 Å². The summed E-state index contributed by atoms with van der Waals surface area (Å²) in [4.78, 5) is 17.1. The molecule has 0 aromatic rings. The van der Waals surface area contributed by atoms with Gasteiger partial charge in [-0.3, -0.25) is 0 Å². The number of carboxylic acid groups (broad SMARTS) is 4. The lowest BCUT2D eigenvalue weighted by atomic mass is 10.2. The van der Waals surface area contributed by atoms with Crippen LogP contribution >= 0.6 is 69.6 Å². The summed E-state index contributed by atoms with van der Waals surface area (Å²) in [5.41, 5.74) is 0. The lowest BCUT2D eigenvalue weighted by Gasteiger charge is -2.24. The van der Waals surface area contributed by atoms with E-state index in [2.05, 4.69) is 0 Å². The Morgan fingerprint density at radius 3 is 1.48 bits per heavy atom. The van der Waals surface area contributed by atoms with Crippen LogP contribution in [-0.2, 0) is 0 Å². The molecule has 1 unspecified atom stereocenters. The number of rotatable bonds is 4. The minimum atomic E-state index is -1.83. The summed E-state index contributed by atoms with van der Waals surface area (Å²) in [6.07, 6.45) is -2.19. The molecule has 0 aliphatic heterocycles. The second-order valence-corrected chi connectivity index (χ2v) is 6.26. The molecule has 0 aromatic heterocycles. The molecule has 0 radical (unpaired) electrons. The zero-order valence-electron chi connectivity index (χ0n) is 10.4. The molecule has 0 amide bonds. The van der Waals surface area contributed by atoms with Crippen LogP contribution in [0.2, 0.25) is 0 Å². The summed E-state index contributed by atoms with van der Waals surface area (Å²) < 4.78 is -1.58. The SMILES string of the molecule is CCCC(Cl)C(Cl)(Cl)C(Cl)=C(Cl)Cl.O=C(O)O.O=C(O)O. The number of hydrogen-bond donors (Lipinski definition) is 4. The molecule has 12 heteroatoms. The zero-order valence-corrected chi connectivity index (χ0v) is 14.9. The third kappa shape index (κ3) is 18.0. The van der Waals surface area contributed by atoms with E-state index in [9.17, 15) is 0 Å². The molecule has 0 fully saturated rings. The summed E-state index contributed by atoms with van der Waals surface area (Å²) in [7, 11) is 0. The second kappa shape index (κ2) is 13.7. The van der Waals surface area contributed by atoms with Crippen LogP contribution in [-0.4, -0.2) is 42.4 Å². The molecule has 1 atom stereocenters. The van der Waals surface area contributed by atoms with Gasteiger partial charge in [-0.1, -0.05) is 71.3 Å². The van der Waals surface area contributed by atoms with E-state index in [0.29, 0.717) is 6.42 Å². The first-order chi connectivity index (χ1) is 9.30. The molecule has 0 heterocycles. The molecule has 21 heavy (non-hydrogen) atoms. The Bertz CT molecular complexity index is 335. The van der Waals surface area contributed by atoms with Gasteiger partial charge in [-0.25, -0.2) is 9.59 Å². The standard InChI is InChI=1S/C7H8Cl6.2CH2O3/c1-2-3-4(8)7(12,13)5(9)6(10)11;2*2-1(3)4/h4H,2-3H2,1H3;2*(H2,2,3,4). The van der Waals surface area contributed by atoms with Crippen molar-refractivity contribution in [3.8, 4) is 0 Å². The van der Waals surface area contributed by atoms with Crippen LogP contribution in [0.5, 0.6) is 0 Å². The van der Waals surface area contributed by atoms with Crippen LogP contribution in [0.3, 0.4) is 0 Å². The van der Waals surface area contributed by atoms with Crippen molar-refractivity contribution in [2.24, 2.45) is 0 Å². The van der Waals surface area contributed by atoms with Crippen LogP contribution in [0, 0.1) is 0 Å². The molecule has 0 aliphatic carbocycles. The summed E-state index contributed by atoms with van der Waals surface area (Å²) in [6, 6.07) is 0. The van der Waals surface area contributed by atoms with Crippen molar-refractivity contribution < 1.29 is 30.0 Å². The minimum Gasteiger partial charge on any atom is -0.450 e. The molecule has 0 bridgehead atoms. The minimum absolute atomic E-state index is 0.0346. The van der Waals surface area contributed by atoms with Gasteiger partial charge < -0.3 is 20.4 Å². The number of halogens is 6. The molecule has 0 saturated heterocycles. The maximum atomic E-state index is 8.56. The van der Waals surface area contributed by atoms with Crippen molar-refractivity contribution in [3.05, 3.63) is 9.52 Å². The molecule has 6 nitrogen and oxygen atoms in total. The summed E-state index contributed by atoms with van der Waals surface area (Å²) in [6.45, 7) is 1.96. The van der Waals surface area contributed by atoms with E-state index in [0.717, 1.165) is 6.42 Å². The highest BCUT2D eigenvalue weighted by Gasteiger charge is 2.37. The first kappa shape index (κ1) is 25.9. The number of alkyl halides is 3. The largest absolute Gasteiger partial charge is 0.503 e. The van der Waals surface area contributed by atoms with Gasteiger partial charge in [0, 0.05) is 0 Å². The highest BCUT2D eigenvalue weighted by Crippen LogP contribution is 2.43. The van der Waals surface area contributed by atoms with Gasteiger partial charge in [0.1, 0.15) is 4.49 Å². The van der Waals surface area contributed by atoms with E-state index in [1.807, 2.05) is 6.92 Å². The number of carbonyl (C=O) groups is 2. The lowest BCUT2D eigenvalue weighted by molar-refractivity contribution is 0.135. The van der Waals surface area contributed by atoms with Crippen molar-refractivity contribution in [2.75, 3.05) is 0 Å². The molecule has 126 valence electrons. The van der Waals surface area contributed by atoms with Crippen LogP contribution in [0.4, 0.5) is 9.59 Å². The average Bonchev–Trinajstić information content (AvgIpc) is 2.26. The Morgan fingerprint density at radius 2 is 1.29 bits per heavy atom. The molecule has 0 aliphatic rings. The highest BCUT2D eigenvalue weighted by molar-refractivity contribution is 6.65. The monoisotopic (exact) mass is 426 g/mol. The van der Waals surface area contributed by atoms with Gasteiger partial charge in [-0.2, -0.15) is 0 Å². The maximum absolute atomic E-state index is 8.56. The van der Waals surface area contributed by atoms with Crippen molar-refractivity contribution in [2.45, 2.75) is 29.5 Å². The van der Waals surface area contributed by atoms with Crippen LogP contribution in [0.25, 0.3) is 0 Å². The van der Waals surface area contributed by atoms with Crippen molar-refractivity contribution in [1.82, 2.24) is 0 Å². The second-order valence-electron chi connectivity index (χ2n) is 3.02. The third-order valence-electron chi connectivity index (χ3n) is 1.39. The molecule has 4 N–H and O–H groups in total. The predicted octanol–water partition coefficient (Wildman–Crippen LogP) is 5.90. The number of hydrogen-bond acceptors (Lipinski definition) is 2. The van der Waals surface area contributed by atoms with Crippen LogP contribution in [0.15, 0.2) is 9.52 Å². The van der Waals surface area contributed by atoms with Gasteiger partial charge in [0.15, 0.2) is 4.33 Å². The first-order valence-electron chi connectivity index (χ1n) is 4.87. The quantitative estimate of drug-likeness (QED) is 0.414. The molecule has 0 spiro atoms. The highest BCUT2D eigenvalue weighted by atomic mass is 35.5. The van der Waals surface area contributed by atoms with Crippen molar-refractivity contribution in [3.63, 3.8) is 0 Å². The normalized spacial score (nSPS) is 11.0. The Labute approximate surface area is 150 Å². The smallest absolute Gasteiger partial charge is 0.450 e. The average molecular weight is 429 g/mol. The van der Waals surface area contributed by atoms with Crippen molar-refractivity contribution in [1.29, 1.82) is 0 Å². The molecular formula is C9H12Cl6O6. The lowest BCUT2D eigenvalue weighted by Crippen LogP contribution is -2.27. The Kier molecular flexibility index (Phi) is 16.9. The van der Waals surface area contributed by atoms with E-state index in [1.165, 1.54) is 0 Å². The van der Waals surface area contributed by atoms with E-state index in [1.54, 1.807) is 0 Å². The summed E-state index contributed by atoms with van der Waals surface area (Å²) in [5, 5.41) is 27.3. The van der Waals surface area contributed by atoms with Gasteiger partial charge in [0.25, 0.3) is 0 Å². The Morgan fingerprint density at radius 1 is 1.00 bits per heavy atom. The van der Waals surface area contributed by atoms with Gasteiger partial charge in [0.2, 0.25) is 0 Å². The van der Waals surface area contributed by atoms with Gasteiger partial charge in [-0.15, -0.1) is 11.6 Å². The summed E-state index contributed by atoms with van der Waals surface area (Å²) >= 11 is 34.3. The summed E-state index contributed by atoms with van der Waals surface area (Å²) in [5.74, 6) is 0. The van der Waals surface area contributed by atoms with Crippen LogP contribution in [0.1, 0.15) is 19.8 Å². The van der Waals surface area contributed by atoms with E-state index in [4.69, 9.17) is 99.6 Å².